The summed E-state index contributed by atoms with van der Waals surface area (Å²) in [6.07, 6.45) is 9.63. The Morgan fingerprint density at radius 2 is 1.95 bits per heavy atom. The molecule has 110 valence electrons. The number of fused-ring (bicyclic) bond motifs is 9. The normalized spacial score (nSPS) is 51.0. The van der Waals surface area contributed by atoms with Crippen LogP contribution in [0.2, 0.25) is 0 Å². The van der Waals surface area contributed by atoms with E-state index in [4.69, 9.17) is 4.74 Å². The van der Waals surface area contributed by atoms with Crippen LogP contribution in [0.1, 0.15) is 46.5 Å². The van der Waals surface area contributed by atoms with E-state index in [9.17, 15) is 4.79 Å². The molecule has 0 saturated heterocycles. The maximum Gasteiger partial charge on any atom is 0.306 e. The molecule has 0 radical (unpaired) electrons. The topological polar surface area (TPSA) is 26.3 Å². The van der Waals surface area contributed by atoms with Gasteiger partial charge in [0.25, 0.3) is 0 Å². The second-order valence-electron chi connectivity index (χ2n) is 8.28. The van der Waals surface area contributed by atoms with Crippen LogP contribution in [0.4, 0.5) is 0 Å². The molecule has 3 saturated carbocycles. The Bertz CT molecular complexity index is 466. The lowest BCUT2D eigenvalue weighted by Gasteiger charge is -2.43. The first-order valence-corrected chi connectivity index (χ1v) is 8.36. The van der Waals surface area contributed by atoms with E-state index in [-0.39, 0.29) is 17.5 Å². The fourth-order valence-electron chi connectivity index (χ4n) is 6.33. The summed E-state index contributed by atoms with van der Waals surface area (Å²) in [6.45, 7) is 6.24. The zero-order chi connectivity index (χ0) is 14.1. The lowest BCUT2D eigenvalue weighted by atomic mass is 9.62. The summed E-state index contributed by atoms with van der Waals surface area (Å²) >= 11 is 0. The average Bonchev–Trinajstić information content (AvgIpc) is 3.01. The monoisotopic (exact) mass is 274 g/mol. The number of carbonyl (C=O) groups excluding carboxylic acids is 1. The molecule has 2 nitrogen and oxygen atoms in total. The quantitative estimate of drug-likeness (QED) is 0.444. The van der Waals surface area contributed by atoms with Gasteiger partial charge in [0.1, 0.15) is 0 Å². The molecule has 0 N–H and O–H groups in total. The summed E-state index contributed by atoms with van der Waals surface area (Å²) in [7, 11) is 0. The maximum atomic E-state index is 12.1. The fraction of sp³-hybridized carbons (Fsp3) is 0.833. The highest BCUT2D eigenvalue weighted by molar-refractivity contribution is 5.70. The van der Waals surface area contributed by atoms with E-state index >= 15 is 0 Å². The van der Waals surface area contributed by atoms with Crippen molar-refractivity contribution in [3.63, 3.8) is 0 Å². The zero-order valence-corrected chi connectivity index (χ0v) is 12.8. The summed E-state index contributed by atoms with van der Waals surface area (Å²) < 4.78 is 5.41. The highest BCUT2D eigenvalue weighted by Crippen LogP contribution is 2.71. The minimum atomic E-state index is 0.0165. The first kappa shape index (κ1) is 12.9. The van der Waals surface area contributed by atoms with Gasteiger partial charge in [-0.15, -0.1) is 0 Å². The van der Waals surface area contributed by atoms with E-state index in [2.05, 4.69) is 19.1 Å². The van der Waals surface area contributed by atoms with Crippen molar-refractivity contribution >= 4 is 5.97 Å². The number of allylic oxidation sites excluding steroid dienone is 2. The van der Waals surface area contributed by atoms with Gasteiger partial charge >= 0.3 is 5.97 Å². The second kappa shape index (κ2) is 4.11. The molecule has 0 aromatic heterocycles. The molecule has 20 heavy (non-hydrogen) atoms. The van der Waals surface area contributed by atoms with Gasteiger partial charge in [-0.05, 0) is 74.0 Å². The van der Waals surface area contributed by atoms with Crippen LogP contribution in [0.25, 0.3) is 0 Å². The van der Waals surface area contributed by atoms with Gasteiger partial charge in [0.2, 0.25) is 0 Å². The van der Waals surface area contributed by atoms with Gasteiger partial charge in [-0.2, -0.15) is 0 Å². The Labute approximate surface area is 122 Å². The van der Waals surface area contributed by atoms with Crippen LogP contribution in [0.5, 0.6) is 0 Å². The molecule has 4 rings (SSSR count). The molecule has 4 aliphatic rings. The Kier molecular flexibility index (Phi) is 2.66. The van der Waals surface area contributed by atoms with Crippen molar-refractivity contribution in [1.29, 1.82) is 0 Å². The first-order valence-electron chi connectivity index (χ1n) is 8.36. The Morgan fingerprint density at radius 1 is 1.25 bits per heavy atom. The molecule has 0 aromatic rings. The van der Waals surface area contributed by atoms with Crippen molar-refractivity contribution in [2.45, 2.75) is 52.6 Å². The smallest absolute Gasteiger partial charge is 0.306 e. The van der Waals surface area contributed by atoms with Gasteiger partial charge in [-0.1, -0.05) is 19.1 Å². The van der Waals surface area contributed by atoms with Gasteiger partial charge in [-0.3, -0.25) is 4.79 Å². The molecule has 0 aromatic carbocycles. The third kappa shape index (κ3) is 1.66. The van der Waals surface area contributed by atoms with Crippen molar-refractivity contribution in [2.24, 2.45) is 40.9 Å². The fourth-order valence-corrected chi connectivity index (χ4v) is 6.33. The summed E-state index contributed by atoms with van der Waals surface area (Å²) in [5, 5.41) is 0. The molecule has 3 fully saturated rings. The van der Waals surface area contributed by atoms with Crippen LogP contribution in [0, 0.1) is 40.9 Å². The minimum absolute atomic E-state index is 0.0165. The summed E-state index contributed by atoms with van der Waals surface area (Å²) in [5.41, 5.74) is 0.204. The number of esters is 1. The van der Waals surface area contributed by atoms with Crippen molar-refractivity contribution in [3.05, 3.63) is 12.2 Å². The molecule has 2 heteroatoms. The number of rotatable bonds is 3. The number of ether oxygens (including phenoxy) is 1. The largest absolute Gasteiger partial charge is 0.463 e. The molecule has 7 unspecified atom stereocenters. The molecule has 7 atom stereocenters. The van der Waals surface area contributed by atoms with Crippen molar-refractivity contribution in [1.82, 2.24) is 0 Å². The van der Waals surface area contributed by atoms with Crippen molar-refractivity contribution < 1.29 is 9.53 Å². The zero-order valence-electron chi connectivity index (χ0n) is 12.8. The van der Waals surface area contributed by atoms with E-state index in [0.29, 0.717) is 6.42 Å². The Hall–Kier alpha value is -0.790. The van der Waals surface area contributed by atoms with Gasteiger partial charge < -0.3 is 4.74 Å². The van der Waals surface area contributed by atoms with Crippen LogP contribution in [-0.2, 0) is 9.53 Å². The van der Waals surface area contributed by atoms with Gasteiger partial charge in [0.05, 0.1) is 12.5 Å². The number of hydrogen-bond acceptors (Lipinski definition) is 2. The van der Waals surface area contributed by atoms with E-state index in [1.54, 1.807) is 0 Å². The summed E-state index contributed by atoms with van der Waals surface area (Å²) in [5.74, 6) is 5.17. The molecular formula is C18H26O2. The molecule has 0 spiro atoms. The first-order chi connectivity index (χ1) is 9.48. The predicted molar refractivity (Wildman–Crippen MR) is 77.9 cm³/mol. The number of carbonyl (C=O) groups is 1. The predicted octanol–water partition coefficient (Wildman–Crippen LogP) is 3.81. The third-order valence-electron chi connectivity index (χ3n) is 6.69. The standard InChI is InChI=1S/C18H26O2/c1-10(2)20-15(19)9-18(3)8-13-7-14(18)17-12-5-4-11(6-12)16(13)17/h4-5,10-14,16-17H,6-9H2,1-3H3. The SMILES string of the molecule is CC(C)OC(=O)CC1(C)CC2CC1C1C3C=CC(C3)C21. The van der Waals surface area contributed by atoms with Crippen molar-refractivity contribution in [2.75, 3.05) is 0 Å². The maximum absolute atomic E-state index is 12.1. The minimum Gasteiger partial charge on any atom is -0.463 e. The molecule has 4 aliphatic carbocycles. The Balaban J connectivity index is 1.52. The lowest BCUT2D eigenvalue weighted by molar-refractivity contribution is -0.151. The van der Waals surface area contributed by atoms with Gasteiger partial charge in [0, 0.05) is 0 Å². The van der Waals surface area contributed by atoms with Crippen LogP contribution >= 0.6 is 0 Å². The van der Waals surface area contributed by atoms with E-state index in [1.165, 1.54) is 19.3 Å². The highest BCUT2D eigenvalue weighted by atomic mass is 16.5. The van der Waals surface area contributed by atoms with Gasteiger partial charge in [0.15, 0.2) is 0 Å². The van der Waals surface area contributed by atoms with Crippen LogP contribution < -0.4 is 0 Å². The average molecular weight is 274 g/mol. The summed E-state index contributed by atoms with van der Waals surface area (Å²) in [6, 6.07) is 0. The number of hydrogen-bond donors (Lipinski definition) is 0. The molecule has 0 amide bonds. The molecule has 4 bridgehead atoms. The van der Waals surface area contributed by atoms with Crippen molar-refractivity contribution in [3.8, 4) is 0 Å². The van der Waals surface area contributed by atoms with E-state index in [0.717, 1.165) is 35.5 Å². The highest BCUT2D eigenvalue weighted by Gasteiger charge is 2.64. The second-order valence-corrected chi connectivity index (χ2v) is 8.28. The summed E-state index contributed by atoms with van der Waals surface area (Å²) in [4.78, 5) is 12.1. The lowest BCUT2D eigenvalue weighted by Crippen LogP contribution is -2.39. The molecule has 0 aliphatic heterocycles. The van der Waals surface area contributed by atoms with E-state index < -0.39 is 0 Å². The Morgan fingerprint density at radius 3 is 2.65 bits per heavy atom. The van der Waals surface area contributed by atoms with Crippen LogP contribution in [0.15, 0.2) is 12.2 Å². The van der Waals surface area contributed by atoms with Crippen LogP contribution in [0.3, 0.4) is 0 Å². The van der Waals surface area contributed by atoms with Crippen LogP contribution in [-0.4, -0.2) is 12.1 Å². The van der Waals surface area contributed by atoms with E-state index in [1.807, 2.05) is 13.8 Å². The van der Waals surface area contributed by atoms with Gasteiger partial charge in [-0.25, -0.2) is 0 Å². The molecular weight excluding hydrogens is 248 g/mol. The third-order valence-corrected chi connectivity index (χ3v) is 6.69. The molecule has 0 heterocycles.